The maximum Gasteiger partial charge on any atom is 0.287 e. The Morgan fingerprint density at radius 2 is 2.14 bits per heavy atom. The Bertz CT molecular complexity index is 826. The van der Waals surface area contributed by atoms with Gasteiger partial charge in [-0.05, 0) is 36.8 Å². The number of nitrogens with zero attached hydrogens (tertiary/aromatic N) is 1. The number of fused-ring (bicyclic) bond motifs is 1. The predicted octanol–water partition coefficient (Wildman–Crippen LogP) is 3.77. The van der Waals surface area contributed by atoms with E-state index in [0.717, 1.165) is 17.4 Å². The van der Waals surface area contributed by atoms with Crippen LogP contribution in [0, 0.1) is 5.82 Å². The van der Waals surface area contributed by atoms with Gasteiger partial charge in [-0.15, -0.1) is 0 Å². The van der Waals surface area contributed by atoms with E-state index >= 15 is 0 Å². The highest BCUT2D eigenvalue weighted by Crippen LogP contribution is 2.25. The molecule has 5 heteroatoms. The molecular weight excluding hydrogens is 283 g/mol. The molecule has 0 saturated heterocycles. The minimum atomic E-state index is -0.319. The van der Waals surface area contributed by atoms with E-state index in [-0.39, 0.29) is 17.5 Å². The Hall–Kier alpha value is -2.69. The van der Waals surface area contributed by atoms with Gasteiger partial charge in [0, 0.05) is 29.8 Å². The van der Waals surface area contributed by atoms with Crippen molar-refractivity contribution in [2.75, 3.05) is 6.54 Å². The third kappa shape index (κ3) is 2.83. The largest absolute Gasteiger partial charge is 0.451 e. The number of halogens is 1. The maximum absolute atomic E-state index is 13.2. The van der Waals surface area contributed by atoms with Gasteiger partial charge in [0.05, 0.1) is 5.52 Å². The molecule has 3 aromatic rings. The van der Waals surface area contributed by atoms with Crippen molar-refractivity contribution in [2.24, 2.45) is 0 Å². The number of furan rings is 1. The second-order valence-electron chi connectivity index (χ2n) is 4.98. The molecule has 0 aliphatic rings. The van der Waals surface area contributed by atoms with Gasteiger partial charge in [-0.25, -0.2) is 4.39 Å². The van der Waals surface area contributed by atoms with Crippen LogP contribution in [0.2, 0.25) is 0 Å². The molecule has 22 heavy (non-hydrogen) atoms. The lowest BCUT2D eigenvalue weighted by Crippen LogP contribution is -2.23. The van der Waals surface area contributed by atoms with E-state index in [1.807, 2.05) is 13.0 Å². The molecule has 0 atom stereocenters. The highest BCUT2D eigenvalue weighted by atomic mass is 19.1. The van der Waals surface area contributed by atoms with Gasteiger partial charge >= 0.3 is 0 Å². The molecule has 3 rings (SSSR count). The number of carbonyl (C=O) groups is 1. The summed E-state index contributed by atoms with van der Waals surface area (Å²) in [6.07, 6.45) is 2.47. The number of amides is 1. The van der Waals surface area contributed by atoms with Gasteiger partial charge < -0.3 is 9.73 Å². The molecule has 0 aliphatic heterocycles. The molecule has 0 aliphatic carbocycles. The monoisotopic (exact) mass is 298 g/mol. The van der Waals surface area contributed by atoms with E-state index in [9.17, 15) is 9.18 Å². The topological polar surface area (TPSA) is 55.1 Å². The summed E-state index contributed by atoms with van der Waals surface area (Å²) in [4.78, 5) is 16.1. The van der Waals surface area contributed by atoms with E-state index < -0.39 is 0 Å². The molecule has 0 radical (unpaired) electrons. The Morgan fingerprint density at radius 3 is 2.95 bits per heavy atom. The summed E-state index contributed by atoms with van der Waals surface area (Å²) in [5.41, 5.74) is 1.32. The predicted molar refractivity (Wildman–Crippen MR) is 82.0 cm³/mol. The molecule has 112 valence electrons. The molecule has 2 aromatic heterocycles. The number of benzene rings is 1. The van der Waals surface area contributed by atoms with Crippen LogP contribution >= 0.6 is 0 Å². The van der Waals surface area contributed by atoms with Crippen molar-refractivity contribution in [3.05, 3.63) is 54.2 Å². The van der Waals surface area contributed by atoms with Crippen LogP contribution in [0.4, 0.5) is 4.39 Å². The van der Waals surface area contributed by atoms with E-state index in [1.54, 1.807) is 24.4 Å². The fourth-order valence-electron chi connectivity index (χ4n) is 2.17. The molecule has 0 bridgehead atoms. The minimum Gasteiger partial charge on any atom is -0.451 e. The normalized spacial score (nSPS) is 10.8. The van der Waals surface area contributed by atoms with E-state index in [1.165, 1.54) is 12.1 Å². The number of hydrogen-bond acceptors (Lipinski definition) is 3. The first-order valence-corrected chi connectivity index (χ1v) is 7.11. The van der Waals surface area contributed by atoms with E-state index in [2.05, 4.69) is 10.3 Å². The molecule has 0 spiro atoms. The van der Waals surface area contributed by atoms with Gasteiger partial charge in [0.2, 0.25) is 0 Å². The number of pyridine rings is 1. The number of aromatic nitrogens is 1. The van der Waals surface area contributed by atoms with Crippen molar-refractivity contribution in [2.45, 2.75) is 13.3 Å². The molecule has 2 heterocycles. The van der Waals surface area contributed by atoms with Crippen LogP contribution < -0.4 is 5.32 Å². The first kappa shape index (κ1) is 14.3. The Labute approximate surface area is 127 Å². The van der Waals surface area contributed by atoms with Crippen LogP contribution in [-0.4, -0.2) is 17.4 Å². The smallest absolute Gasteiger partial charge is 0.287 e. The summed E-state index contributed by atoms with van der Waals surface area (Å²) in [6.45, 7) is 2.59. The highest BCUT2D eigenvalue weighted by molar-refractivity contribution is 5.92. The van der Waals surface area contributed by atoms with Crippen LogP contribution in [0.15, 0.2) is 47.0 Å². The molecule has 1 N–H and O–H groups in total. The highest BCUT2D eigenvalue weighted by Gasteiger charge is 2.12. The molecule has 0 fully saturated rings. The average molecular weight is 298 g/mol. The molecule has 0 unspecified atom stereocenters. The number of nitrogens with one attached hydrogen (secondary N) is 1. The summed E-state index contributed by atoms with van der Waals surface area (Å²) in [7, 11) is 0. The molecule has 0 saturated carbocycles. The number of rotatable bonds is 4. The van der Waals surface area contributed by atoms with Gasteiger partial charge in [0.25, 0.3) is 5.91 Å². The van der Waals surface area contributed by atoms with Crippen molar-refractivity contribution in [1.82, 2.24) is 10.3 Å². The van der Waals surface area contributed by atoms with Crippen molar-refractivity contribution in [3.63, 3.8) is 0 Å². The summed E-state index contributed by atoms with van der Waals surface area (Å²) < 4.78 is 18.7. The summed E-state index contributed by atoms with van der Waals surface area (Å²) in [5, 5.41) is 3.57. The maximum atomic E-state index is 13.2. The summed E-state index contributed by atoms with van der Waals surface area (Å²) in [6, 6.07) is 9.65. The summed E-state index contributed by atoms with van der Waals surface area (Å²) >= 11 is 0. The molecule has 1 aromatic carbocycles. The van der Waals surface area contributed by atoms with Gasteiger partial charge in [0.15, 0.2) is 5.76 Å². The first-order valence-electron chi connectivity index (χ1n) is 7.11. The van der Waals surface area contributed by atoms with Crippen molar-refractivity contribution in [3.8, 4) is 11.3 Å². The van der Waals surface area contributed by atoms with Gasteiger partial charge in [-0.2, -0.15) is 0 Å². The SMILES string of the molecule is CCCNC(=O)c1ccc(-c2cnc3cc(F)ccc3c2)o1. The fourth-order valence-corrected chi connectivity index (χ4v) is 2.17. The van der Waals surface area contributed by atoms with Gasteiger partial charge in [-0.1, -0.05) is 6.92 Å². The van der Waals surface area contributed by atoms with Crippen molar-refractivity contribution in [1.29, 1.82) is 0 Å². The van der Waals surface area contributed by atoms with Crippen LogP contribution in [0.5, 0.6) is 0 Å². The fraction of sp³-hybridized carbons (Fsp3) is 0.176. The first-order chi connectivity index (χ1) is 10.7. The average Bonchev–Trinajstić information content (AvgIpc) is 3.02. The Morgan fingerprint density at radius 1 is 1.27 bits per heavy atom. The van der Waals surface area contributed by atoms with Crippen LogP contribution in [-0.2, 0) is 0 Å². The Kier molecular flexibility index (Phi) is 3.87. The minimum absolute atomic E-state index is 0.232. The third-order valence-electron chi connectivity index (χ3n) is 3.30. The zero-order valence-electron chi connectivity index (χ0n) is 12.1. The third-order valence-corrected chi connectivity index (χ3v) is 3.30. The second-order valence-corrected chi connectivity index (χ2v) is 4.98. The van der Waals surface area contributed by atoms with Crippen molar-refractivity contribution < 1.29 is 13.6 Å². The quantitative estimate of drug-likeness (QED) is 0.797. The van der Waals surface area contributed by atoms with Gasteiger partial charge in [0.1, 0.15) is 11.6 Å². The number of carbonyl (C=O) groups excluding carboxylic acids is 1. The lowest BCUT2D eigenvalue weighted by atomic mass is 10.1. The van der Waals surface area contributed by atoms with Crippen LogP contribution in [0.1, 0.15) is 23.9 Å². The van der Waals surface area contributed by atoms with E-state index in [0.29, 0.717) is 17.8 Å². The lowest BCUT2D eigenvalue weighted by molar-refractivity contribution is 0.0927. The summed E-state index contributed by atoms with van der Waals surface area (Å²) in [5.74, 6) is 0.271. The van der Waals surface area contributed by atoms with Crippen molar-refractivity contribution >= 4 is 16.8 Å². The second kappa shape index (κ2) is 5.97. The lowest BCUT2D eigenvalue weighted by Gasteiger charge is -2.02. The zero-order chi connectivity index (χ0) is 15.5. The van der Waals surface area contributed by atoms with Crippen LogP contribution in [0.25, 0.3) is 22.2 Å². The molecular formula is C17H15FN2O2. The number of hydrogen-bond donors (Lipinski definition) is 1. The molecule has 1 amide bonds. The van der Waals surface area contributed by atoms with Crippen LogP contribution in [0.3, 0.4) is 0 Å². The molecule has 4 nitrogen and oxygen atoms in total. The zero-order valence-corrected chi connectivity index (χ0v) is 12.1. The van der Waals surface area contributed by atoms with Gasteiger partial charge in [-0.3, -0.25) is 9.78 Å². The standard InChI is InChI=1S/C17H15FN2O2/c1-2-7-19-17(21)16-6-5-15(22-16)12-8-11-3-4-13(18)9-14(11)20-10-12/h3-6,8-10H,2,7H2,1H3,(H,19,21). The van der Waals surface area contributed by atoms with E-state index in [4.69, 9.17) is 4.42 Å². The Balaban J connectivity index is 1.89.